The van der Waals surface area contributed by atoms with E-state index in [9.17, 15) is 30.6 Å². The number of pyridine rings is 12. The smallest absolute Gasteiger partial charge is 0.841 e. The van der Waals surface area contributed by atoms with Gasteiger partial charge in [-0.3, -0.25) is 59.8 Å². The van der Waals surface area contributed by atoms with E-state index in [4.69, 9.17) is 104 Å². The SMILES string of the molecule is COC([O-])(c1ccccn1)c1ccccn1.COC([O-])(c1ccccn1)c1ccccn1.COC([O-])(c1ccccn1)c1ccccn1.COC([O-])(c1ccccn1)c1ccccn1.N#C[N-]C([O-])(c1ccccn1)c1ccccn1.N#C[N-]C([O-])(c1ccccn1)c1ccccn1.O.O.[Cu+2].[Cu+2].[Cu+2].[Cu+2].[Cu+2].[Cu+2].[O-][Cl+3]([O-])([O-])[O-].[O-][Cl+3]([O-])([O-])[O-].[O-][Cl+3]([O-])([O-])[O-].[O-][Cl+3]([O-])([O-])[O-]. The maximum absolute atomic E-state index is 12.6. The van der Waals surface area contributed by atoms with E-state index < -0.39 is 75.6 Å². The molecule has 0 saturated carbocycles. The molecule has 6 radical (unpaired) electrons. The van der Waals surface area contributed by atoms with Crippen molar-refractivity contribution in [3.63, 3.8) is 0 Å². The first kappa shape index (κ1) is 128. The fraction of sp³-hybridized carbons (Fsp3) is 0.139. The summed E-state index contributed by atoms with van der Waals surface area (Å²) in [5, 5.41) is 99.4. The molecule has 694 valence electrons. The van der Waals surface area contributed by atoms with Crippen LogP contribution in [0.25, 0.3) is 10.6 Å². The number of hydrogen-bond acceptors (Lipinski definition) is 40. The monoisotopic (exact) mass is 2120 g/mol. The Hall–Kier alpha value is -8.46. The largest absolute Gasteiger partial charge is 2.00 e. The summed E-state index contributed by atoms with van der Waals surface area (Å²) in [6.07, 6.45) is 21.5. The first-order chi connectivity index (χ1) is 55.6. The van der Waals surface area contributed by atoms with E-state index in [2.05, 4.69) is 70.4 Å². The van der Waals surface area contributed by atoms with Crippen LogP contribution in [0.1, 0.15) is 68.3 Å². The Kier molecular flexibility index (Phi) is 65.5. The molecule has 0 fully saturated rings. The van der Waals surface area contributed by atoms with E-state index in [1.165, 1.54) is 89.9 Å². The summed E-state index contributed by atoms with van der Waals surface area (Å²) < 4.78 is 156. The fourth-order valence-corrected chi connectivity index (χ4v) is 8.71. The van der Waals surface area contributed by atoms with Crippen molar-refractivity contribution in [2.24, 2.45) is 0 Å². The summed E-state index contributed by atoms with van der Waals surface area (Å²) in [6.45, 7) is 0. The first-order valence-corrected chi connectivity index (χ1v) is 36.7. The van der Waals surface area contributed by atoms with Crippen molar-refractivity contribution in [1.29, 1.82) is 10.5 Å². The van der Waals surface area contributed by atoms with Gasteiger partial charge in [-0.25, -0.2) is 74.5 Å². The van der Waals surface area contributed by atoms with Crippen molar-refractivity contribution in [2.45, 2.75) is 34.6 Å². The third-order valence-corrected chi connectivity index (χ3v) is 13.6. The summed E-state index contributed by atoms with van der Waals surface area (Å²) in [7, 11) is -14.3. The predicted octanol–water partition coefficient (Wildman–Crippen LogP) is -16.2. The van der Waals surface area contributed by atoms with Crippen LogP contribution in [0.3, 0.4) is 0 Å². The maximum Gasteiger partial charge on any atom is 2.00 e. The number of ether oxygens (including phenoxy) is 4. The van der Waals surface area contributed by atoms with E-state index in [1.54, 1.807) is 244 Å². The molecule has 0 aliphatic carbocycles. The topological polar surface area (TPSA) is 838 Å². The first-order valence-electron chi connectivity index (χ1n) is 31.7. The molecule has 0 aliphatic rings. The fourth-order valence-electron chi connectivity index (χ4n) is 8.71. The van der Waals surface area contributed by atoms with Crippen LogP contribution in [-0.4, -0.2) is 99.2 Å². The second-order valence-corrected chi connectivity index (χ2v) is 24.1. The zero-order valence-corrected chi connectivity index (χ0v) is 72.5. The molecule has 0 atom stereocenters. The molecule has 0 unspecified atom stereocenters. The molecule has 0 spiro atoms. The number of rotatable bonds is 18. The molecule has 54 heteroatoms. The number of aromatic nitrogens is 12. The average Bonchev–Trinajstić information content (AvgIpc) is 0.855. The summed E-state index contributed by atoms with van der Waals surface area (Å²) in [5.41, 5.74) is -1.12. The number of methoxy groups -OCH3 is 4. The minimum atomic E-state index is -4.94. The van der Waals surface area contributed by atoms with Crippen LogP contribution < -0.4 is 105 Å². The van der Waals surface area contributed by atoms with Crippen LogP contribution in [0, 0.1) is 63.9 Å². The third kappa shape index (κ3) is 47.0. The van der Waals surface area contributed by atoms with Gasteiger partial charge in [0.15, 0.2) is 0 Å². The standard InChI is InChI=1S/2C12H8N4O.4C12H11N2O2.4ClHO4.6Cu.2H2O/c2*13-9-16-12(17,10-5-1-3-7-14-10)11-6-2-4-8-15-11;4*1-16-12(15,10-6-2-4-8-13-10)11-7-3-5-9-14-11;4*2-1(3,4)5;;;;;;;;/h2*1-8H;4*2-9H,1H3;4*(H,2,3,4,5);;;;;;;2*1H2/q2*-2;4*-1;;;;;6*+2;;/p-4. The zero-order chi connectivity index (χ0) is 88.0. The molecule has 12 aromatic rings. The Morgan fingerprint density at radius 2 is 0.317 bits per heavy atom. The molecular formula is C72H64Cl4Cu6N16O28. The van der Waals surface area contributed by atoms with Gasteiger partial charge >= 0.3 is 102 Å². The van der Waals surface area contributed by atoms with Crippen LogP contribution in [0.2, 0.25) is 0 Å². The van der Waals surface area contributed by atoms with Gasteiger partial charge in [0.25, 0.3) is 0 Å². The van der Waals surface area contributed by atoms with Crippen LogP contribution >= 0.6 is 0 Å². The molecule has 0 amide bonds. The molecule has 12 heterocycles. The number of nitrogens with zero attached hydrogens (tertiary/aromatic N) is 16. The van der Waals surface area contributed by atoms with Gasteiger partial charge in [0, 0.05) is 126 Å². The van der Waals surface area contributed by atoms with E-state index >= 15 is 0 Å². The summed E-state index contributed by atoms with van der Waals surface area (Å²) in [5.74, 6) is -7.38. The Labute approximate surface area is 789 Å². The van der Waals surface area contributed by atoms with Crippen molar-refractivity contribution in [3.05, 3.63) is 372 Å². The summed E-state index contributed by atoms with van der Waals surface area (Å²) in [4.78, 5) is 48.0. The third-order valence-electron chi connectivity index (χ3n) is 13.6. The molecule has 126 heavy (non-hydrogen) atoms. The van der Waals surface area contributed by atoms with Crippen molar-refractivity contribution < 1.29 is 278 Å². The van der Waals surface area contributed by atoms with Gasteiger partial charge in [0.2, 0.25) is 0 Å². The van der Waals surface area contributed by atoms with Crippen LogP contribution in [0.15, 0.2) is 293 Å². The van der Waals surface area contributed by atoms with Crippen molar-refractivity contribution in [2.75, 3.05) is 28.4 Å². The van der Waals surface area contributed by atoms with Gasteiger partial charge in [0.1, 0.15) is 0 Å². The number of halogens is 4. The quantitative estimate of drug-likeness (QED) is 0.0437. The molecule has 0 saturated heterocycles. The van der Waals surface area contributed by atoms with Crippen LogP contribution in [0.4, 0.5) is 0 Å². The molecule has 44 nitrogen and oxygen atoms in total. The molecule has 12 aromatic heterocycles. The Balaban J connectivity index is -0.000000324. The van der Waals surface area contributed by atoms with Gasteiger partial charge in [-0.2, -0.15) is 0 Å². The van der Waals surface area contributed by atoms with E-state index in [1.807, 2.05) is 0 Å². The molecule has 0 aromatic carbocycles. The van der Waals surface area contributed by atoms with Gasteiger partial charge in [-0.15, -0.1) is 41.0 Å². The number of hydrogen-bond donors (Lipinski definition) is 0. The maximum atomic E-state index is 12.6. The van der Waals surface area contributed by atoms with Gasteiger partial charge in [0.05, 0.1) is 68.7 Å². The minimum Gasteiger partial charge on any atom is -0.841 e. The molecule has 0 aliphatic heterocycles. The van der Waals surface area contributed by atoms with Gasteiger partial charge < -0.3 is 81.7 Å². The van der Waals surface area contributed by atoms with Crippen molar-refractivity contribution >= 4 is 0 Å². The number of nitriles is 2. The molecular weight excluding hydrogens is 2060 g/mol. The van der Waals surface area contributed by atoms with E-state index in [-0.39, 0.29) is 136 Å². The molecule has 12 rings (SSSR count). The van der Waals surface area contributed by atoms with Gasteiger partial charge in [-0.1, -0.05) is 85.2 Å². The summed E-state index contributed by atoms with van der Waals surface area (Å²) >= 11 is 0. The Morgan fingerprint density at radius 1 is 0.222 bits per heavy atom. The van der Waals surface area contributed by atoms with Crippen molar-refractivity contribution in [3.8, 4) is 12.4 Å². The van der Waals surface area contributed by atoms with E-state index in [0.717, 1.165) is 0 Å². The zero-order valence-electron chi connectivity index (χ0n) is 63.8. The Morgan fingerprint density at radius 3 is 0.389 bits per heavy atom. The molecule has 0 bridgehead atoms. The molecule has 4 N–H and O–H groups in total. The predicted molar refractivity (Wildman–Crippen MR) is 349 cm³/mol. The van der Waals surface area contributed by atoms with Crippen LogP contribution in [-0.2, 0) is 156 Å². The second kappa shape index (κ2) is 64.3. The normalized spacial score (nSPS) is 10.5. The summed E-state index contributed by atoms with van der Waals surface area (Å²) in [6, 6.07) is 60.6. The van der Waals surface area contributed by atoms with Crippen molar-refractivity contribution in [1.82, 2.24) is 59.8 Å². The second-order valence-electron chi connectivity index (χ2n) is 21.1. The van der Waals surface area contributed by atoms with Gasteiger partial charge in [-0.05, 0) is 157 Å². The average molecular weight is 2120 g/mol. The van der Waals surface area contributed by atoms with E-state index in [0.29, 0.717) is 45.6 Å². The van der Waals surface area contributed by atoms with Crippen LogP contribution in [0.5, 0.6) is 0 Å². The Bertz CT molecular complexity index is 4030. The minimum absolute atomic E-state index is 0.